The molecule has 1 heterocycles. The highest BCUT2D eigenvalue weighted by molar-refractivity contribution is 7.89. The molecule has 1 aliphatic rings. The summed E-state index contributed by atoms with van der Waals surface area (Å²) in [6, 6.07) is 5.60. The molecule has 1 fully saturated rings. The Balaban J connectivity index is 1.96. The number of sulfonamides is 1. The van der Waals surface area contributed by atoms with Gasteiger partial charge in [0.2, 0.25) is 10.0 Å². The molecule has 0 saturated carbocycles. The highest BCUT2D eigenvalue weighted by Crippen LogP contribution is 2.20. The molecule has 0 bridgehead atoms. The summed E-state index contributed by atoms with van der Waals surface area (Å²) in [5.74, 6) is 0.0371. The van der Waals surface area contributed by atoms with Gasteiger partial charge in [-0.3, -0.25) is 4.79 Å². The van der Waals surface area contributed by atoms with Gasteiger partial charge in [-0.1, -0.05) is 24.6 Å². The summed E-state index contributed by atoms with van der Waals surface area (Å²) in [5, 5.41) is 2.97. The van der Waals surface area contributed by atoms with Crippen molar-refractivity contribution in [2.75, 3.05) is 32.7 Å². The average molecular weight is 369 g/mol. The maximum Gasteiger partial charge on any atom is 0.275 e. The predicted octanol–water partition coefficient (Wildman–Crippen LogP) is 0.107. The van der Waals surface area contributed by atoms with Gasteiger partial charge >= 0.3 is 0 Å². The van der Waals surface area contributed by atoms with Crippen molar-refractivity contribution in [2.45, 2.75) is 45.1 Å². The number of hydrogen-bond donors (Lipinski definition) is 2. The number of quaternary nitrogens is 1. The molecule has 0 spiro atoms. The van der Waals surface area contributed by atoms with Crippen LogP contribution in [0, 0.1) is 13.8 Å². The Morgan fingerprint density at radius 1 is 1.28 bits per heavy atom. The van der Waals surface area contributed by atoms with Gasteiger partial charge in [0, 0.05) is 6.04 Å². The van der Waals surface area contributed by atoms with E-state index < -0.39 is 10.0 Å². The molecule has 1 saturated heterocycles. The number of rotatable bonds is 6. The molecule has 1 aromatic rings. The third-order valence-corrected chi connectivity index (χ3v) is 6.87. The van der Waals surface area contributed by atoms with Crippen molar-refractivity contribution in [3.05, 3.63) is 29.3 Å². The maximum atomic E-state index is 12.9. The normalized spacial score (nSPS) is 18.1. The first-order chi connectivity index (χ1) is 11.7. The molecule has 1 aliphatic heterocycles. The van der Waals surface area contributed by atoms with Gasteiger partial charge in [0.05, 0.1) is 31.1 Å². The van der Waals surface area contributed by atoms with Gasteiger partial charge in [-0.2, -0.15) is 4.31 Å². The van der Waals surface area contributed by atoms with Crippen LogP contribution in [0.2, 0.25) is 0 Å². The van der Waals surface area contributed by atoms with E-state index in [0.29, 0.717) is 37.6 Å². The SMILES string of the molecule is CC[C@@H](C)NC(=O)C[NH+]1CCN(S(=O)(=O)c2ccc(C)cc2C)CC1. The number of benzene rings is 1. The van der Waals surface area contributed by atoms with Crippen LogP contribution in [0.1, 0.15) is 31.4 Å². The zero-order chi connectivity index (χ0) is 18.6. The van der Waals surface area contributed by atoms with Crippen molar-refractivity contribution in [3.8, 4) is 0 Å². The lowest BCUT2D eigenvalue weighted by atomic mass is 10.2. The second-order valence-electron chi connectivity index (χ2n) is 6.98. The Kier molecular flexibility index (Phi) is 6.59. The van der Waals surface area contributed by atoms with E-state index in [2.05, 4.69) is 5.32 Å². The predicted molar refractivity (Wildman–Crippen MR) is 98.1 cm³/mol. The van der Waals surface area contributed by atoms with E-state index in [1.807, 2.05) is 39.8 Å². The van der Waals surface area contributed by atoms with Crippen molar-refractivity contribution in [1.29, 1.82) is 0 Å². The van der Waals surface area contributed by atoms with Crippen LogP contribution in [0.5, 0.6) is 0 Å². The Morgan fingerprint density at radius 3 is 2.48 bits per heavy atom. The molecular weight excluding hydrogens is 338 g/mol. The van der Waals surface area contributed by atoms with Gasteiger partial charge < -0.3 is 10.2 Å². The van der Waals surface area contributed by atoms with Gasteiger partial charge in [0.15, 0.2) is 6.54 Å². The van der Waals surface area contributed by atoms with E-state index in [4.69, 9.17) is 0 Å². The number of nitrogens with zero attached hydrogens (tertiary/aromatic N) is 1. The molecule has 0 radical (unpaired) electrons. The van der Waals surface area contributed by atoms with Crippen LogP contribution in [-0.4, -0.2) is 57.4 Å². The van der Waals surface area contributed by atoms with E-state index >= 15 is 0 Å². The summed E-state index contributed by atoms with van der Waals surface area (Å²) in [4.78, 5) is 13.5. The molecule has 2 rings (SSSR count). The highest BCUT2D eigenvalue weighted by atomic mass is 32.2. The first-order valence-electron chi connectivity index (χ1n) is 8.94. The quantitative estimate of drug-likeness (QED) is 0.749. The Hall–Kier alpha value is -1.44. The molecule has 2 N–H and O–H groups in total. The monoisotopic (exact) mass is 368 g/mol. The molecule has 140 valence electrons. The fraction of sp³-hybridized carbons (Fsp3) is 0.611. The Labute approximate surface area is 151 Å². The summed E-state index contributed by atoms with van der Waals surface area (Å²) in [7, 11) is -3.46. The Morgan fingerprint density at radius 2 is 1.92 bits per heavy atom. The van der Waals surface area contributed by atoms with Crippen LogP contribution in [0.3, 0.4) is 0 Å². The number of nitrogens with one attached hydrogen (secondary N) is 2. The average Bonchev–Trinajstić information content (AvgIpc) is 2.54. The summed E-state index contributed by atoms with van der Waals surface area (Å²) < 4.78 is 27.3. The number of carbonyl (C=O) groups is 1. The lowest BCUT2D eigenvalue weighted by molar-refractivity contribution is -0.895. The molecule has 1 aromatic carbocycles. The third-order valence-electron chi connectivity index (χ3n) is 4.81. The molecule has 0 aliphatic carbocycles. The minimum atomic E-state index is -3.46. The van der Waals surface area contributed by atoms with E-state index in [1.165, 1.54) is 0 Å². The number of carbonyl (C=O) groups excluding carboxylic acids is 1. The van der Waals surface area contributed by atoms with Crippen molar-refractivity contribution in [1.82, 2.24) is 9.62 Å². The lowest BCUT2D eigenvalue weighted by Gasteiger charge is -2.31. The van der Waals surface area contributed by atoms with Crippen LogP contribution in [0.15, 0.2) is 23.1 Å². The smallest absolute Gasteiger partial charge is 0.275 e. The lowest BCUT2D eigenvalue weighted by Crippen LogP contribution is -3.15. The minimum absolute atomic E-state index is 0.0371. The molecule has 6 nitrogen and oxygen atoms in total. The van der Waals surface area contributed by atoms with Gasteiger partial charge in [-0.05, 0) is 38.8 Å². The van der Waals surface area contributed by atoms with Crippen LogP contribution < -0.4 is 10.2 Å². The zero-order valence-corrected chi connectivity index (χ0v) is 16.4. The molecule has 1 atom stereocenters. The van der Waals surface area contributed by atoms with Crippen molar-refractivity contribution in [2.24, 2.45) is 0 Å². The summed E-state index contributed by atoms with van der Waals surface area (Å²) in [6.45, 7) is 10.4. The van der Waals surface area contributed by atoms with Crippen molar-refractivity contribution >= 4 is 15.9 Å². The topological polar surface area (TPSA) is 70.9 Å². The Bertz CT molecular complexity index is 710. The van der Waals surface area contributed by atoms with Crippen LogP contribution in [0.4, 0.5) is 0 Å². The summed E-state index contributed by atoms with van der Waals surface area (Å²) >= 11 is 0. The largest absolute Gasteiger partial charge is 0.349 e. The first kappa shape index (κ1) is 19.9. The van der Waals surface area contributed by atoms with E-state index in [9.17, 15) is 13.2 Å². The second kappa shape index (κ2) is 8.29. The minimum Gasteiger partial charge on any atom is -0.349 e. The summed E-state index contributed by atoms with van der Waals surface area (Å²) in [5.41, 5.74) is 1.83. The van der Waals surface area contributed by atoms with E-state index in [-0.39, 0.29) is 11.9 Å². The van der Waals surface area contributed by atoms with E-state index in [1.54, 1.807) is 10.4 Å². The molecule has 0 unspecified atom stereocenters. The van der Waals surface area contributed by atoms with E-state index in [0.717, 1.165) is 22.4 Å². The number of amides is 1. The van der Waals surface area contributed by atoms with Crippen LogP contribution in [-0.2, 0) is 14.8 Å². The summed E-state index contributed by atoms with van der Waals surface area (Å²) in [6.07, 6.45) is 0.906. The molecule has 1 amide bonds. The standard InChI is InChI=1S/C18H29N3O3S/c1-5-16(4)19-18(22)13-20-8-10-21(11-9-20)25(23,24)17-7-6-14(2)12-15(17)3/h6-7,12,16H,5,8-11,13H2,1-4H3,(H,19,22)/p+1/t16-/m1/s1. The molecule has 7 heteroatoms. The third kappa shape index (κ3) is 5.03. The molecule has 25 heavy (non-hydrogen) atoms. The van der Waals surface area contributed by atoms with Crippen molar-refractivity contribution in [3.63, 3.8) is 0 Å². The molecule has 0 aromatic heterocycles. The highest BCUT2D eigenvalue weighted by Gasteiger charge is 2.32. The zero-order valence-electron chi connectivity index (χ0n) is 15.6. The number of hydrogen-bond acceptors (Lipinski definition) is 3. The first-order valence-corrected chi connectivity index (χ1v) is 10.4. The number of piperazine rings is 1. The second-order valence-corrected chi connectivity index (χ2v) is 8.88. The van der Waals surface area contributed by atoms with Gasteiger partial charge in [-0.25, -0.2) is 8.42 Å². The number of aryl methyl sites for hydroxylation is 2. The maximum absolute atomic E-state index is 12.9. The fourth-order valence-corrected chi connectivity index (χ4v) is 4.75. The molecular formula is C18H30N3O3S+. The fourth-order valence-electron chi connectivity index (χ4n) is 3.10. The van der Waals surface area contributed by atoms with Crippen LogP contribution >= 0.6 is 0 Å². The van der Waals surface area contributed by atoms with Crippen molar-refractivity contribution < 1.29 is 18.1 Å². The van der Waals surface area contributed by atoms with Gasteiger partial charge in [-0.15, -0.1) is 0 Å². The van der Waals surface area contributed by atoms with Crippen LogP contribution in [0.25, 0.3) is 0 Å². The van der Waals surface area contributed by atoms with Gasteiger partial charge in [0.25, 0.3) is 5.91 Å². The van der Waals surface area contributed by atoms with Gasteiger partial charge in [0.1, 0.15) is 0 Å².